The Kier molecular flexibility index (Phi) is 3.58. The molecular weight excluding hydrogens is 335 g/mol. The first-order chi connectivity index (χ1) is 12.6. The highest BCUT2D eigenvalue weighted by atomic mass is 19.1. The molecule has 2 N–H and O–H groups in total. The normalized spacial score (nSPS) is 11.0. The summed E-state index contributed by atoms with van der Waals surface area (Å²) < 4.78 is 16.3. The molecule has 0 saturated heterocycles. The van der Waals surface area contributed by atoms with Crippen LogP contribution in [0.3, 0.4) is 0 Å². The van der Waals surface area contributed by atoms with E-state index < -0.39 is 5.91 Å². The van der Waals surface area contributed by atoms with Crippen LogP contribution in [0.5, 0.6) is 0 Å². The molecule has 1 amide bonds. The fourth-order valence-corrected chi connectivity index (χ4v) is 2.74. The first kappa shape index (κ1) is 15.7. The lowest BCUT2D eigenvalue weighted by Gasteiger charge is -2.07. The van der Waals surface area contributed by atoms with Gasteiger partial charge in [0, 0.05) is 11.8 Å². The summed E-state index contributed by atoms with van der Waals surface area (Å²) in [6.07, 6.45) is 4.56. The van der Waals surface area contributed by atoms with Crippen LogP contribution in [0, 0.1) is 5.82 Å². The third-order valence-corrected chi connectivity index (χ3v) is 3.97. The molecule has 4 aromatic rings. The smallest absolute Gasteiger partial charge is 0.269 e. The lowest BCUT2D eigenvalue weighted by atomic mass is 10.1. The summed E-state index contributed by atoms with van der Waals surface area (Å²) in [7, 11) is 0. The van der Waals surface area contributed by atoms with Crippen molar-refractivity contribution in [3.63, 3.8) is 0 Å². The van der Waals surface area contributed by atoms with Gasteiger partial charge in [-0.25, -0.2) is 18.9 Å². The Morgan fingerprint density at radius 1 is 1.15 bits per heavy atom. The Balaban J connectivity index is 1.95. The Morgan fingerprint density at radius 3 is 2.62 bits per heavy atom. The second-order valence-electron chi connectivity index (χ2n) is 5.53. The first-order valence-electron chi connectivity index (χ1n) is 7.69. The maximum atomic E-state index is 13.2. The van der Waals surface area contributed by atoms with E-state index in [1.807, 2.05) is 0 Å². The zero-order valence-electron chi connectivity index (χ0n) is 13.5. The molecule has 0 fully saturated rings. The molecule has 4 rings (SSSR count). The number of hydrogen-bond acceptors (Lipinski definition) is 4. The van der Waals surface area contributed by atoms with Gasteiger partial charge in [0.25, 0.3) is 5.91 Å². The summed E-state index contributed by atoms with van der Waals surface area (Å²) in [5, 5.41) is 4.48. The van der Waals surface area contributed by atoms with Crippen LogP contribution < -0.4 is 5.73 Å². The van der Waals surface area contributed by atoms with Crippen LogP contribution in [0.4, 0.5) is 4.39 Å². The van der Waals surface area contributed by atoms with E-state index in [0.717, 1.165) is 5.56 Å². The summed E-state index contributed by atoms with van der Waals surface area (Å²) in [5.74, 6) is -0.958. The van der Waals surface area contributed by atoms with Gasteiger partial charge in [0.1, 0.15) is 22.9 Å². The molecule has 26 heavy (non-hydrogen) atoms. The molecule has 0 unspecified atom stereocenters. The van der Waals surface area contributed by atoms with Gasteiger partial charge in [-0.05, 0) is 36.4 Å². The molecule has 0 spiro atoms. The third-order valence-electron chi connectivity index (χ3n) is 3.97. The van der Waals surface area contributed by atoms with Gasteiger partial charge in [-0.3, -0.25) is 4.79 Å². The van der Waals surface area contributed by atoms with E-state index in [0.29, 0.717) is 22.7 Å². The minimum Gasteiger partial charge on any atom is -0.364 e. The van der Waals surface area contributed by atoms with Crippen molar-refractivity contribution < 1.29 is 9.18 Å². The highest BCUT2D eigenvalue weighted by Gasteiger charge is 2.17. The number of imidazole rings is 2. The van der Waals surface area contributed by atoms with Crippen molar-refractivity contribution in [3.8, 4) is 22.6 Å². The molecule has 0 atom stereocenters. The minimum atomic E-state index is -0.627. The molecule has 1 aromatic carbocycles. The van der Waals surface area contributed by atoms with Gasteiger partial charge in [-0.2, -0.15) is 5.10 Å². The van der Waals surface area contributed by atoms with Crippen molar-refractivity contribution >= 4 is 17.8 Å². The van der Waals surface area contributed by atoms with Crippen LogP contribution in [0.2, 0.25) is 0 Å². The van der Waals surface area contributed by atoms with Crippen LogP contribution in [0.25, 0.3) is 34.5 Å². The number of fused-ring (bicyclic) bond motifs is 1. The number of hydrogen-bond donors (Lipinski definition) is 1. The van der Waals surface area contributed by atoms with E-state index in [1.165, 1.54) is 22.8 Å². The second-order valence-corrected chi connectivity index (χ2v) is 5.53. The number of carbonyl (C=O) groups is 1. The quantitative estimate of drug-likeness (QED) is 0.614. The van der Waals surface area contributed by atoms with E-state index in [4.69, 9.17) is 5.73 Å². The van der Waals surface area contributed by atoms with Gasteiger partial charge in [0.2, 0.25) is 0 Å². The van der Waals surface area contributed by atoms with Crippen molar-refractivity contribution in [2.75, 3.05) is 0 Å². The number of amides is 1. The lowest BCUT2D eigenvalue weighted by molar-refractivity contribution is 0.0993. The number of benzene rings is 1. The maximum Gasteiger partial charge on any atom is 0.269 e. The van der Waals surface area contributed by atoms with E-state index in [1.54, 1.807) is 41.4 Å². The zero-order chi connectivity index (χ0) is 18.3. The molecule has 3 heterocycles. The van der Waals surface area contributed by atoms with E-state index in [-0.39, 0.29) is 11.5 Å². The van der Waals surface area contributed by atoms with E-state index in [2.05, 4.69) is 21.6 Å². The number of nitrogens with two attached hydrogens (primary N) is 1. The Bertz CT molecular complexity index is 1140. The number of primary amides is 1. The molecule has 0 aliphatic rings. The van der Waals surface area contributed by atoms with Crippen molar-refractivity contribution in [2.24, 2.45) is 5.73 Å². The largest absolute Gasteiger partial charge is 0.364 e. The summed E-state index contributed by atoms with van der Waals surface area (Å²) in [6, 6.07) is 9.49. The van der Waals surface area contributed by atoms with Gasteiger partial charge in [0.15, 0.2) is 5.65 Å². The van der Waals surface area contributed by atoms with Crippen LogP contribution in [-0.4, -0.2) is 30.1 Å². The molecule has 0 aliphatic carbocycles. The monoisotopic (exact) mass is 348 g/mol. The Morgan fingerprint density at radius 2 is 1.92 bits per heavy atom. The number of aromatic nitrogens is 5. The molecule has 3 aromatic heterocycles. The lowest BCUT2D eigenvalue weighted by Crippen LogP contribution is -2.15. The summed E-state index contributed by atoms with van der Waals surface area (Å²) in [5.41, 5.74) is 8.57. The Hall–Kier alpha value is -3.81. The third kappa shape index (κ3) is 2.44. The van der Waals surface area contributed by atoms with Crippen molar-refractivity contribution in [3.05, 3.63) is 67.0 Å². The molecule has 0 saturated carbocycles. The number of nitrogens with zero attached hydrogens (tertiary/aromatic N) is 5. The minimum absolute atomic E-state index is 0.176. The summed E-state index contributed by atoms with van der Waals surface area (Å²) in [4.78, 5) is 20.1. The Labute approximate surface area is 147 Å². The van der Waals surface area contributed by atoms with Crippen molar-refractivity contribution in [1.82, 2.24) is 24.1 Å². The maximum absolute atomic E-state index is 13.2. The number of rotatable bonds is 4. The molecule has 0 aliphatic heterocycles. The topological polar surface area (TPSA) is 91.1 Å². The van der Waals surface area contributed by atoms with Gasteiger partial charge in [-0.15, -0.1) is 0 Å². The number of carbonyl (C=O) groups excluding carboxylic acids is 1. The van der Waals surface area contributed by atoms with Crippen molar-refractivity contribution in [1.29, 1.82) is 0 Å². The van der Waals surface area contributed by atoms with Gasteiger partial charge in [0.05, 0.1) is 18.2 Å². The molecule has 0 bridgehead atoms. The fourth-order valence-electron chi connectivity index (χ4n) is 2.74. The second kappa shape index (κ2) is 5.92. The predicted molar refractivity (Wildman–Crippen MR) is 94.5 cm³/mol. The zero-order valence-corrected chi connectivity index (χ0v) is 13.5. The SMILES string of the molecule is C=Cn1cnc(-c2ccc(F)cc2)c1-c1ccc2ncc(C(N)=O)n2n1. The number of halogens is 1. The van der Waals surface area contributed by atoms with Gasteiger partial charge >= 0.3 is 0 Å². The average molecular weight is 348 g/mol. The predicted octanol–water partition coefficient (Wildman–Crippen LogP) is 2.60. The van der Waals surface area contributed by atoms with Gasteiger partial charge < -0.3 is 10.3 Å². The molecule has 128 valence electrons. The van der Waals surface area contributed by atoms with Crippen LogP contribution in [0.1, 0.15) is 10.5 Å². The van der Waals surface area contributed by atoms with Crippen LogP contribution >= 0.6 is 0 Å². The highest BCUT2D eigenvalue weighted by molar-refractivity contribution is 5.91. The standard InChI is InChI=1S/C18H13FN6O/c1-2-24-10-22-16(11-3-5-12(19)6-4-11)17(24)13-7-8-15-21-9-14(18(20)26)25(15)23-13/h2-10H,1H2,(H2,20,26). The van der Waals surface area contributed by atoms with Crippen molar-refractivity contribution in [2.45, 2.75) is 0 Å². The van der Waals surface area contributed by atoms with E-state index in [9.17, 15) is 9.18 Å². The van der Waals surface area contributed by atoms with E-state index >= 15 is 0 Å². The average Bonchev–Trinajstić information content (AvgIpc) is 3.25. The molecule has 7 nitrogen and oxygen atoms in total. The molecular formula is C18H13FN6O. The fraction of sp³-hybridized carbons (Fsp3) is 0. The first-order valence-corrected chi connectivity index (χ1v) is 7.69. The van der Waals surface area contributed by atoms with Gasteiger partial charge in [-0.1, -0.05) is 6.58 Å². The summed E-state index contributed by atoms with van der Waals surface area (Å²) in [6.45, 7) is 3.78. The van der Waals surface area contributed by atoms with Crippen LogP contribution in [0.15, 0.2) is 55.5 Å². The highest BCUT2D eigenvalue weighted by Crippen LogP contribution is 2.30. The van der Waals surface area contributed by atoms with Crippen LogP contribution in [-0.2, 0) is 0 Å². The molecule has 8 heteroatoms. The molecule has 0 radical (unpaired) electrons. The summed E-state index contributed by atoms with van der Waals surface area (Å²) >= 11 is 0.